The molecule has 4 saturated carbocycles. The zero-order valence-corrected chi connectivity index (χ0v) is 63.8. The number of nitriles is 2. The zero-order valence-electron chi connectivity index (χ0n) is 61.4. The van der Waals surface area contributed by atoms with E-state index in [0.717, 1.165) is 145 Å². The summed E-state index contributed by atoms with van der Waals surface area (Å²) in [5, 5.41) is 67.3. The predicted molar refractivity (Wildman–Crippen MR) is 423 cm³/mol. The maximum absolute atomic E-state index is 11.9. The number of sulfone groups is 1. The van der Waals surface area contributed by atoms with Gasteiger partial charge in [-0.2, -0.15) is 30.5 Å². The fourth-order valence-electron chi connectivity index (χ4n) is 12.9. The fourth-order valence-corrected chi connectivity index (χ4v) is 14.2. The number of anilines is 8. The molecule has 0 saturated heterocycles. The molecule has 12 rings (SSSR count). The number of hydrogen-bond acceptors (Lipinski definition) is 32. The number of benzene rings is 1. The summed E-state index contributed by atoms with van der Waals surface area (Å²) < 4.78 is 29.1. The molecule has 4 aliphatic carbocycles. The van der Waals surface area contributed by atoms with E-state index in [0.29, 0.717) is 131 Å². The number of nitro groups is 2. The molecule has 16 N–H and O–H groups in total. The molecular formula is C73H95Cl2N27O7S. The van der Waals surface area contributed by atoms with Crippen LogP contribution in [0.25, 0.3) is 0 Å². The monoisotopic (exact) mass is 1560 g/mol. The molecule has 0 amide bonds. The van der Waals surface area contributed by atoms with Crippen LogP contribution in [0.5, 0.6) is 5.88 Å². The largest absolute Gasteiger partial charge is 0.481 e. The predicted octanol–water partition coefficient (Wildman–Crippen LogP) is 10.5. The summed E-state index contributed by atoms with van der Waals surface area (Å²) in [4.78, 5) is 67.9. The minimum atomic E-state index is -3.38. The van der Waals surface area contributed by atoms with Gasteiger partial charge in [-0.05, 0) is 162 Å². The summed E-state index contributed by atoms with van der Waals surface area (Å²) in [6.07, 6.45) is 29.6. The maximum Gasteiger partial charge on any atom is 0.329 e. The number of halogens is 2. The molecule has 0 unspecified atom stereocenters. The highest BCUT2D eigenvalue weighted by Gasteiger charge is 2.26. The molecule has 0 aliphatic heterocycles. The second kappa shape index (κ2) is 42.3. The van der Waals surface area contributed by atoms with Gasteiger partial charge in [-0.15, -0.1) is 0 Å². The van der Waals surface area contributed by atoms with Gasteiger partial charge in [0.25, 0.3) is 0 Å². The third kappa shape index (κ3) is 26.3. The highest BCUT2D eigenvalue weighted by Crippen LogP contribution is 2.32. The molecule has 4 aliphatic rings. The van der Waals surface area contributed by atoms with Crippen LogP contribution in [-0.4, -0.2) is 137 Å². The van der Waals surface area contributed by atoms with Crippen molar-refractivity contribution in [1.29, 1.82) is 10.5 Å². The number of nitrogens with one attached hydrogen (secondary N) is 8. The van der Waals surface area contributed by atoms with Gasteiger partial charge in [0.2, 0.25) is 41.3 Å². The van der Waals surface area contributed by atoms with Crippen molar-refractivity contribution in [3.05, 3.63) is 168 Å². The Morgan fingerprint density at radius 2 is 0.827 bits per heavy atom. The summed E-state index contributed by atoms with van der Waals surface area (Å²) >= 11 is 12.1. The van der Waals surface area contributed by atoms with Gasteiger partial charge in [0.05, 0.1) is 39.3 Å². The standard InChI is InChI=1S/C19H25N7O.C19H26N6O4S.C18H22ClN7.C17H22ClN7O2/c1-27-18-14(3-2-8-22-18)11-24-19-25-12-15(9-20)17(26-19)23-10-13-4-6-16(21)7-5-13;1-30(28,29)17-5-3-2-4-14(17)11-22-19-23-12-16(25(26)27)18(24-19)21-10-13-6-8-15(20)9-7-13;19-16-13(2-1-7-22-16)10-24-18-25-11-14(8-20)17(26-18)23-9-12-3-5-15(21)6-4-12;18-14-9-20-6-5-12(14)8-22-17-23-10-15(25(26)27)16(24-17)21-7-11-1-3-13(19)4-2-11/h2-3,8,12-13,16H,4-7,10-11,21H2,1H3,(H2,23,24,25,26);2-5,12-13,15H,6-11,20H2,1H3,(H2,21,22,23,24);1-2,7,11-12,15H,3-6,9-10,21H2,(H2,23,24,25,26);5-6,9-11,13H,1-4,7-8,19H2,(H2,21,22,23,24). The molecule has 34 nitrogen and oxygen atoms in total. The number of ether oxygens (including phenoxy) is 1. The Balaban J connectivity index is 0.000000169. The van der Waals surface area contributed by atoms with Gasteiger partial charge in [-0.1, -0.05) is 53.5 Å². The Labute approximate surface area is 649 Å². The second-order valence-electron chi connectivity index (χ2n) is 27.5. The summed E-state index contributed by atoms with van der Waals surface area (Å²) in [5.74, 6) is 5.33. The van der Waals surface area contributed by atoms with Crippen LogP contribution in [0.2, 0.25) is 10.2 Å². The number of nitrogens with two attached hydrogens (primary N) is 4. The lowest BCUT2D eigenvalue weighted by Gasteiger charge is -2.26. The molecule has 0 spiro atoms. The van der Waals surface area contributed by atoms with Gasteiger partial charge in [0, 0.05) is 119 Å². The Kier molecular flexibility index (Phi) is 32.1. The van der Waals surface area contributed by atoms with Gasteiger partial charge in [-0.3, -0.25) is 25.2 Å². The zero-order chi connectivity index (χ0) is 78.4. The lowest BCUT2D eigenvalue weighted by molar-refractivity contribution is -0.384. The normalized spacial score (nSPS) is 19.4. The third-order valence-corrected chi connectivity index (χ3v) is 21.3. The van der Waals surface area contributed by atoms with Crippen LogP contribution in [0.15, 0.2) is 109 Å². The van der Waals surface area contributed by atoms with Crippen molar-refractivity contribution in [3.63, 3.8) is 0 Å². The minimum absolute atomic E-state index is 0.142. The van der Waals surface area contributed by atoms with Gasteiger partial charge < -0.3 is 70.2 Å². The van der Waals surface area contributed by atoms with E-state index in [1.54, 1.807) is 56.2 Å². The van der Waals surface area contributed by atoms with Gasteiger partial charge in [-0.25, -0.2) is 38.3 Å². The van der Waals surface area contributed by atoms with Crippen molar-refractivity contribution >= 4 is 91.5 Å². The van der Waals surface area contributed by atoms with E-state index in [2.05, 4.69) is 109 Å². The van der Waals surface area contributed by atoms with Crippen LogP contribution in [0.3, 0.4) is 0 Å². The van der Waals surface area contributed by atoms with E-state index in [1.165, 1.54) is 24.7 Å². The van der Waals surface area contributed by atoms with E-state index >= 15 is 0 Å². The first kappa shape index (κ1) is 83.4. The van der Waals surface area contributed by atoms with Crippen molar-refractivity contribution in [1.82, 2.24) is 54.8 Å². The van der Waals surface area contributed by atoms with Crippen molar-refractivity contribution in [2.45, 2.75) is 158 Å². The van der Waals surface area contributed by atoms with Crippen molar-refractivity contribution in [2.75, 3.05) is 82.1 Å². The number of nitrogens with zero attached hydrogens (tertiary/aromatic N) is 15. The molecule has 0 radical (unpaired) electrons. The number of rotatable bonds is 28. The summed E-state index contributed by atoms with van der Waals surface area (Å²) in [5.41, 5.74) is 27.5. The fraction of sp³-hybridized carbons (Fsp3) is 0.466. The molecule has 7 aromatic heterocycles. The number of aromatic nitrogens is 11. The SMILES string of the molecule is COc1ncccc1CNc1ncc(C#N)c(NCC2CCC(N)CC2)n1.CS(=O)(=O)c1ccccc1CNc1ncc([N+](=O)[O-])c(NCC2CCC(N)CC2)n1.N#Cc1cnc(NCc2cccnc2Cl)nc1NCC1CCC(N)CC1.NC1CCC(CNc2nc(NCc3ccncc3Cl)ncc2[N+](=O)[O-])CC1. The van der Waals surface area contributed by atoms with Crippen molar-refractivity contribution in [3.8, 4) is 18.0 Å². The lowest BCUT2D eigenvalue weighted by Crippen LogP contribution is -2.29. The molecule has 4 fully saturated rings. The Hall–Kier alpha value is -10.7. The quantitative estimate of drug-likeness (QED) is 0.0123. The Bertz CT molecular complexity index is 4510. The van der Waals surface area contributed by atoms with Gasteiger partial charge in [0.1, 0.15) is 52.4 Å². The first-order valence-electron chi connectivity index (χ1n) is 36.6. The van der Waals surface area contributed by atoms with E-state index in [4.69, 9.17) is 50.9 Å². The Morgan fingerprint density at radius 3 is 1.23 bits per heavy atom. The molecule has 0 bridgehead atoms. The summed E-state index contributed by atoms with van der Waals surface area (Å²) in [7, 11) is -1.79. The first-order valence-corrected chi connectivity index (χ1v) is 39.2. The van der Waals surface area contributed by atoms with Crippen molar-refractivity contribution in [2.24, 2.45) is 46.6 Å². The Morgan fingerprint density at radius 1 is 0.464 bits per heavy atom. The molecule has 8 aromatic rings. The second-order valence-corrected chi connectivity index (χ2v) is 30.3. The van der Waals surface area contributed by atoms with Crippen LogP contribution in [0.4, 0.5) is 58.4 Å². The van der Waals surface area contributed by atoms with Crippen LogP contribution in [0, 0.1) is 66.6 Å². The molecule has 7 heterocycles. The highest BCUT2D eigenvalue weighted by molar-refractivity contribution is 7.90. The smallest absolute Gasteiger partial charge is 0.329 e. The molecule has 1 aromatic carbocycles. The molecule has 110 heavy (non-hydrogen) atoms. The van der Waals surface area contributed by atoms with Crippen LogP contribution in [0.1, 0.15) is 136 Å². The molecule has 37 heteroatoms. The maximum atomic E-state index is 11.9. The first-order chi connectivity index (χ1) is 53.1. The number of pyridine rings is 3. The average molecular weight is 1570 g/mol. The lowest BCUT2D eigenvalue weighted by atomic mass is 9.86. The minimum Gasteiger partial charge on any atom is -0.481 e. The van der Waals surface area contributed by atoms with E-state index < -0.39 is 19.7 Å². The summed E-state index contributed by atoms with van der Waals surface area (Å²) in [6, 6.07) is 21.3. The molecule has 584 valence electrons. The number of methoxy groups -OCH3 is 1. The van der Waals surface area contributed by atoms with Crippen molar-refractivity contribution < 1.29 is 23.0 Å². The van der Waals surface area contributed by atoms with Gasteiger partial charge >= 0.3 is 11.4 Å². The van der Waals surface area contributed by atoms with Crippen LogP contribution >= 0.6 is 23.2 Å². The summed E-state index contributed by atoms with van der Waals surface area (Å²) in [6.45, 7) is 4.25. The topological polar surface area (TPSA) is 519 Å². The van der Waals surface area contributed by atoms with Crippen LogP contribution in [-0.2, 0) is 36.0 Å². The highest BCUT2D eigenvalue weighted by atomic mass is 35.5. The van der Waals surface area contributed by atoms with E-state index in [-0.39, 0.29) is 52.5 Å². The number of hydrogen-bond donors (Lipinski definition) is 12. The third-order valence-electron chi connectivity index (χ3n) is 19.4. The van der Waals surface area contributed by atoms with Gasteiger partial charge in [0.15, 0.2) is 9.84 Å². The molecular weight excluding hydrogens is 1470 g/mol. The average Bonchev–Trinajstić information content (AvgIpc) is 0.847. The van der Waals surface area contributed by atoms with E-state index in [1.807, 2.05) is 24.3 Å². The van der Waals surface area contributed by atoms with E-state index in [9.17, 15) is 39.2 Å². The molecule has 0 atom stereocenters. The van der Waals surface area contributed by atoms with Crippen LogP contribution < -0.4 is 70.2 Å².